The third-order valence-corrected chi connectivity index (χ3v) is 4.55. The van der Waals surface area contributed by atoms with Crippen molar-refractivity contribution in [3.63, 3.8) is 0 Å². The largest absolute Gasteiger partial charge is 0.497 e. The van der Waals surface area contributed by atoms with Gasteiger partial charge in [0, 0.05) is 24.5 Å². The van der Waals surface area contributed by atoms with Gasteiger partial charge in [0.05, 0.1) is 7.11 Å². The summed E-state index contributed by atoms with van der Waals surface area (Å²) in [5, 5.41) is 2.87. The number of nitrogens with zero attached hydrogens (tertiary/aromatic N) is 1. The first kappa shape index (κ1) is 18.1. The SMILES string of the molecule is COc1ccc(OCC(=O)Nc2ccc(N3CCCCCC3)cc2)cc1. The van der Waals surface area contributed by atoms with Crippen LogP contribution in [0.2, 0.25) is 0 Å². The molecule has 0 atom stereocenters. The molecular formula is C21H26N2O3. The second-order valence-electron chi connectivity index (χ2n) is 6.46. The number of nitrogens with one attached hydrogen (secondary N) is 1. The molecule has 0 aromatic heterocycles. The molecule has 5 nitrogen and oxygen atoms in total. The molecular weight excluding hydrogens is 328 g/mol. The number of hydrogen-bond acceptors (Lipinski definition) is 4. The molecule has 0 unspecified atom stereocenters. The zero-order valence-corrected chi connectivity index (χ0v) is 15.2. The molecule has 0 aliphatic carbocycles. The first-order valence-corrected chi connectivity index (χ1v) is 9.16. The van der Waals surface area contributed by atoms with Crippen LogP contribution < -0.4 is 19.7 Å². The van der Waals surface area contributed by atoms with Gasteiger partial charge in [0.1, 0.15) is 11.5 Å². The lowest BCUT2D eigenvalue weighted by Crippen LogP contribution is -2.24. The molecule has 2 aromatic carbocycles. The summed E-state index contributed by atoms with van der Waals surface area (Å²) in [5.74, 6) is 1.21. The van der Waals surface area contributed by atoms with E-state index in [1.54, 1.807) is 31.4 Å². The number of methoxy groups -OCH3 is 1. The van der Waals surface area contributed by atoms with Gasteiger partial charge >= 0.3 is 0 Å². The van der Waals surface area contributed by atoms with Crippen LogP contribution >= 0.6 is 0 Å². The van der Waals surface area contributed by atoms with E-state index >= 15 is 0 Å². The van der Waals surface area contributed by atoms with Gasteiger partial charge in [0.2, 0.25) is 0 Å². The molecule has 2 aromatic rings. The summed E-state index contributed by atoms with van der Waals surface area (Å²) in [6.45, 7) is 2.20. The Morgan fingerprint density at radius 2 is 1.54 bits per heavy atom. The Kier molecular flexibility index (Phi) is 6.36. The third-order valence-electron chi connectivity index (χ3n) is 4.55. The average Bonchev–Trinajstić information content (AvgIpc) is 2.97. The van der Waals surface area contributed by atoms with Crippen LogP contribution in [0.5, 0.6) is 11.5 Å². The molecule has 1 amide bonds. The molecule has 1 heterocycles. The standard InChI is InChI=1S/C21H26N2O3/c1-25-19-10-12-20(13-11-19)26-16-21(24)22-17-6-8-18(9-7-17)23-14-4-2-3-5-15-23/h6-13H,2-5,14-16H2,1H3,(H,22,24). The highest BCUT2D eigenvalue weighted by molar-refractivity contribution is 5.92. The van der Waals surface area contributed by atoms with Crippen molar-refractivity contribution in [3.8, 4) is 11.5 Å². The fourth-order valence-electron chi connectivity index (χ4n) is 3.10. The van der Waals surface area contributed by atoms with Gasteiger partial charge in [0.15, 0.2) is 6.61 Å². The van der Waals surface area contributed by atoms with Gasteiger partial charge in [-0.3, -0.25) is 4.79 Å². The lowest BCUT2D eigenvalue weighted by atomic mass is 10.2. The summed E-state index contributed by atoms with van der Waals surface area (Å²) >= 11 is 0. The second kappa shape index (κ2) is 9.13. The van der Waals surface area contributed by atoms with Crippen molar-refractivity contribution >= 4 is 17.3 Å². The molecule has 3 rings (SSSR count). The number of amides is 1. The van der Waals surface area contributed by atoms with E-state index in [4.69, 9.17) is 9.47 Å². The van der Waals surface area contributed by atoms with Crippen LogP contribution in [0.15, 0.2) is 48.5 Å². The van der Waals surface area contributed by atoms with Gasteiger partial charge in [-0.05, 0) is 61.4 Å². The number of anilines is 2. The van der Waals surface area contributed by atoms with E-state index in [1.165, 1.54) is 31.4 Å². The average molecular weight is 354 g/mol. The van der Waals surface area contributed by atoms with Crippen molar-refractivity contribution in [1.82, 2.24) is 0 Å². The van der Waals surface area contributed by atoms with Gasteiger partial charge in [-0.25, -0.2) is 0 Å². The van der Waals surface area contributed by atoms with Gasteiger partial charge in [-0.2, -0.15) is 0 Å². The van der Waals surface area contributed by atoms with Crippen LogP contribution in [-0.2, 0) is 4.79 Å². The smallest absolute Gasteiger partial charge is 0.262 e. The minimum atomic E-state index is -0.177. The van der Waals surface area contributed by atoms with Crippen LogP contribution in [0.25, 0.3) is 0 Å². The number of rotatable bonds is 6. The lowest BCUT2D eigenvalue weighted by molar-refractivity contribution is -0.118. The normalized spacial score (nSPS) is 14.4. The van der Waals surface area contributed by atoms with Gasteiger partial charge < -0.3 is 19.7 Å². The van der Waals surface area contributed by atoms with Gasteiger partial charge in [-0.15, -0.1) is 0 Å². The maximum Gasteiger partial charge on any atom is 0.262 e. The topological polar surface area (TPSA) is 50.8 Å². The highest BCUT2D eigenvalue weighted by atomic mass is 16.5. The molecule has 1 fully saturated rings. The highest BCUT2D eigenvalue weighted by Crippen LogP contribution is 2.22. The van der Waals surface area contributed by atoms with Crippen LogP contribution in [0.1, 0.15) is 25.7 Å². The van der Waals surface area contributed by atoms with Crippen molar-refractivity contribution in [2.75, 3.05) is 37.0 Å². The molecule has 1 saturated heterocycles. The van der Waals surface area contributed by atoms with E-state index in [2.05, 4.69) is 22.3 Å². The van der Waals surface area contributed by atoms with E-state index in [-0.39, 0.29) is 12.5 Å². The van der Waals surface area contributed by atoms with E-state index in [0.29, 0.717) is 5.75 Å². The molecule has 26 heavy (non-hydrogen) atoms. The van der Waals surface area contributed by atoms with E-state index in [9.17, 15) is 4.79 Å². The zero-order valence-electron chi connectivity index (χ0n) is 15.2. The lowest BCUT2D eigenvalue weighted by Gasteiger charge is -2.22. The van der Waals surface area contributed by atoms with Crippen molar-refractivity contribution in [2.45, 2.75) is 25.7 Å². The maximum absolute atomic E-state index is 12.1. The minimum Gasteiger partial charge on any atom is -0.497 e. The number of benzene rings is 2. The molecule has 0 bridgehead atoms. The van der Waals surface area contributed by atoms with E-state index in [1.807, 2.05) is 12.1 Å². The summed E-state index contributed by atoms with van der Waals surface area (Å²) in [6, 6.07) is 15.2. The molecule has 1 N–H and O–H groups in total. The first-order chi connectivity index (χ1) is 12.7. The molecule has 1 aliphatic heterocycles. The number of hydrogen-bond donors (Lipinski definition) is 1. The molecule has 0 radical (unpaired) electrons. The summed E-state index contributed by atoms with van der Waals surface area (Å²) in [6.07, 6.45) is 5.14. The number of ether oxygens (including phenoxy) is 2. The van der Waals surface area contributed by atoms with Crippen molar-refractivity contribution < 1.29 is 14.3 Å². The Balaban J connectivity index is 1.49. The van der Waals surface area contributed by atoms with Crippen LogP contribution in [0, 0.1) is 0 Å². The van der Waals surface area contributed by atoms with Crippen molar-refractivity contribution in [2.24, 2.45) is 0 Å². The first-order valence-electron chi connectivity index (χ1n) is 9.16. The predicted octanol–water partition coefficient (Wildman–Crippen LogP) is 4.09. The quantitative estimate of drug-likeness (QED) is 0.849. The fourth-order valence-corrected chi connectivity index (χ4v) is 3.10. The molecule has 1 aliphatic rings. The Bertz CT molecular complexity index is 690. The highest BCUT2D eigenvalue weighted by Gasteiger charge is 2.10. The maximum atomic E-state index is 12.1. The monoisotopic (exact) mass is 354 g/mol. The van der Waals surface area contributed by atoms with E-state index < -0.39 is 0 Å². The third kappa shape index (κ3) is 5.15. The molecule has 5 heteroatoms. The van der Waals surface area contributed by atoms with Crippen LogP contribution in [0.3, 0.4) is 0 Å². The predicted molar refractivity (Wildman–Crippen MR) is 104 cm³/mol. The fraction of sp³-hybridized carbons (Fsp3) is 0.381. The Morgan fingerprint density at radius 3 is 2.15 bits per heavy atom. The van der Waals surface area contributed by atoms with Gasteiger partial charge in [-0.1, -0.05) is 12.8 Å². The Morgan fingerprint density at radius 1 is 0.923 bits per heavy atom. The second-order valence-corrected chi connectivity index (χ2v) is 6.46. The van der Waals surface area contributed by atoms with Crippen LogP contribution in [0.4, 0.5) is 11.4 Å². The Labute approximate surface area is 154 Å². The minimum absolute atomic E-state index is 0.0276. The summed E-state index contributed by atoms with van der Waals surface area (Å²) in [4.78, 5) is 14.5. The molecule has 0 spiro atoms. The van der Waals surface area contributed by atoms with Gasteiger partial charge in [0.25, 0.3) is 5.91 Å². The van der Waals surface area contributed by atoms with Crippen LogP contribution in [-0.4, -0.2) is 32.7 Å². The summed E-state index contributed by atoms with van der Waals surface area (Å²) in [5.41, 5.74) is 2.01. The Hall–Kier alpha value is -2.69. The van der Waals surface area contributed by atoms with Crippen molar-refractivity contribution in [3.05, 3.63) is 48.5 Å². The summed E-state index contributed by atoms with van der Waals surface area (Å²) < 4.78 is 10.6. The number of carbonyl (C=O) groups excluding carboxylic acids is 1. The zero-order chi connectivity index (χ0) is 18.2. The number of carbonyl (C=O) groups is 1. The van der Waals surface area contributed by atoms with E-state index in [0.717, 1.165) is 24.5 Å². The summed E-state index contributed by atoms with van der Waals surface area (Å²) in [7, 11) is 1.61. The molecule has 0 saturated carbocycles. The van der Waals surface area contributed by atoms with Crippen molar-refractivity contribution in [1.29, 1.82) is 0 Å². The molecule has 138 valence electrons.